The summed E-state index contributed by atoms with van der Waals surface area (Å²) < 4.78 is 38.8. The molecule has 0 radical (unpaired) electrons. The first kappa shape index (κ1) is 21.6. The van der Waals surface area contributed by atoms with Crippen LogP contribution in [-0.4, -0.2) is 41.6 Å². The number of aryl methyl sites for hydroxylation is 1. The lowest BCUT2D eigenvalue weighted by molar-refractivity contribution is -0.140. The van der Waals surface area contributed by atoms with Crippen molar-refractivity contribution in [2.45, 2.75) is 17.7 Å². The van der Waals surface area contributed by atoms with E-state index >= 15 is 0 Å². The standard InChI is InChI=1S/C23H22N2O6S/c1-25-18-10-9-17(24-32(28,29)20-7-5-4-6-19(20)30-2)15-12-14(8-11-21(26)31-3)13-16(22(15)18)23(25)27/h4-7,9-10,12-13,24H,8,11H2,1-3H3. The van der Waals surface area contributed by atoms with E-state index in [9.17, 15) is 18.0 Å². The van der Waals surface area contributed by atoms with Gasteiger partial charge in [-0.3, -0.25) is 14.3 Å². The van der Waals surface area contributed by atoms with Gasteiger partial charge in [-0.2, -0.15) is 0 Å². The van der Waals surface area contributed by atoms with Crippen LogP contribution in [0.3, 0.4) is 0 Å². The van der Waals surface area contributed by atoms with Crippen LogP contribution in [0.25, 0.3) is 10.8 Å². The molecule has 4 rings (SSSR count). The number of nitrogens with zero attached hydrogens (tertiary/aromatic N) is 1. The van der Waals surface area contributed by atoms with E-state index < -0.39 is 10.0 Å². The van der Waals surface area contributed by atoms with E-state index in [4.69, 9.17) is 9.47 Å². The van der Waals surface area contributed by atoms with Crippen LogP contribution in [0.1, 0.15) is 22.3 Å². The lowest BCUT2D eigenvalue weighted by Crippen LogP contribution is -2.20. The number of rotatable bonds is 7. The van der Waals surface area contributed by atoms with Crippen molar-refractivity contribution < 1.29 is 27.5 Å². The highest BCUT2D eigenvalue weighted by molar-refractivity contribution is 7.92. The molecule has 166 valence electrons. The van der Waals surface area contributed by atoms with Crippen molar-refractivity contribution in [3.05, 3.63) is 59.7 Å². The van der Waals surface area contributed by atoms with Crippen molar-refractivity contribution in [1.29, 1.82) is 0 Å². The maximum Gasteiger partial charge on any atom is 0.305 e. The molecule has 0 unspecified atom stereocenters. The zero-order valence-electron chi connectivity index (χ0n) is 17.8. The summed E-state index contributed by atoms with van der Waals surface area (Å²) in [4.78, 5) is 25.9. The predicted molar refractivity (Wildman–Crippen MR) is 121 cm³/mol. The third-order valence-electron chi connectivity index (χ3n) is 5.50. The average molecular weight is 455 g/mol. The highest BCUT2D eigenvalue weighted by Gasteiger charge is 2.30. The highest BCUT2D eigenvalue weighted by atomic mass is 32.2. The Hall–Kier alpha value is -3.59. The summed E-state index contributed by atoms with van der Waals surface area (Å²) in [6.07, 6.45) is 0.503. The Labute approximate surface area is 185 Å². The number of hydrogen-bond donors (Lipinski definition) is 1. The molecule has 0 bridgehead atoms. The molecular weight excluding hydrogens is 432 g/mol. The van der Waals surface area contributed by atoms with E-state index in [1.807, 2.05) is 0 Å². The predicted octanol–water partition coefficient (Wildman–Crippen LogP) is 3.34. The summed E-state index contributed by atoms with van der Waals surface area (Å²) in [5.41, 5.74) is 2.23. The van der Waals surface area contributed by atoms with Gasteiger partial charge in [0, 0.05) is 24.2 Å². The summed E-state index contributed by atoms with van der Waals surface area (Å²) in [6.45, 7) is 0. The molecule has 0 aliphatic carbocycles. The Kier molecular flexibility index (Phi) is 5.52. The molecule has 3 aromatic rings. The number of hydrogen-bond acceptors (Lipinski definition) is 6. The number of amides is 1. The van der Waals surface area contributed by atoms with Crippen LogP contribution >= 0.6 is 0 Å². The summed E-state index contributed by atoms with van der Waals surface area (Å²) in [5, 5.41) is 1.25. The molecule has 0 fully saturated rings. The van der Waals surface area contributed by atoms with Gasteiger partial charge in [-0.25, -0.2) is 8.42 Å². The molecule has 1 amide bonds. The summed E-state index contributed by atoms with van der Waals surface area (Å²) in [6, 6.07) is 13.2. The number of methoxy groups -OCH3 is 2. The zero-order chi connectivity index (χ0) is 23.0. The van der Waals surface area contributed by atoms with E-state index in [1.54, 1.807) is 49.5 Å². The fraction of sp³-hybridized carbons (Fsp3) is 0.217. The van der Waals surface area contributed by atoms with E-state index in [0.29, 0.717) is 34.1 Å². The Bertz CT molecular complexity index is 1350. The van der Waals surface area contributed by atoms with Gasteiger partial charge in [-0.15, -0.1) is 0 Å². The number of anilines is 2. The fourth-order valence-electron chi connectivity index (χ4n) is 3.89. The monoisotopic (exact) mass is 454 g/mol. The second-order valence-electron chi connectivity index (χ2n) is 7.39. The number of carbonyl (C=O) groups excluding carboxylic acids is 2. The number of nitrogens with one attached hydrogen (secondary N) is 1. The van der Waals surface area contributed by atoms with Gasteiger partial charge in [0.15, 0.2) is 0 Å². The van der Waals surface area contributed by atoms with Crippen LogP contribution in [0.4, 0.5) is 11.4 Å². The number of carbonyl (C=O) groups is 2. The van der Waals surface area contributed by atoms with Gasteiger partial charge >= 0.3 is 5.97 Å². The lowest BCUT2D eigenvalue weighted by atomic mass is 9.98. The maximum absolute atomic E-state index is 13.1. The van der Waals surface area contributed by atoms with Crippen molar-refractivity contribution in [2.24, 2.45) is 0 Å². The van der Waals surface area contributed by atoms with E-state index in [1.165, 1.54) is 25.2 Å². The van der Waals surface area contributed by atoms with Gasteiger partial charge in [-0.05, 0) is 48.4 Å². The largest absolute Gasteiger partial charge is 0.495 e. The Morgan fingerprint density at radius 2 is 1.84 bits per heavy atom. The normalized spacial score (nSPS) is 12.8. The minimum atomic E-state index is -3.97. The number of sulfonamides is 1. The molecule has 0 aromatic heterocycles. The van der Waals surface area contributed by atoms with Crippen molar-refractivity contribution in [3.63, 3.8) is 0 Å². The number of benzene rings is 3. The van der Waals surface area contributed by atoms with Crippen LogP contribution in [0.15, 0.2) is 53.4 Å². The van der Waals surface area contributed by atoms with Gasteiger partial charge in [-0.1, -0.05) is 12.1 Å². The molecule has 1 aliphatic rings. The summed E-state index contributed by atoms with van der Waals surface area (Å²) in [7, 11) is 0.423. The molecule has 0 spiro atoms. The molecule has 1 heterocycles. The number of esters is 1. The van der Waals surface area contributed by atoms with Gasteiger partial charge in [0.2, 0.25) is 0 Å². The quantitative estimate of drug-likeness (QED) is 0.550. The van der Waals surface area contributed by atoms with E-state index in [-0.39, 0.29) is 28.9 Å². The fourth-order valence-corrected chi connectivity index (χ4v) is 5.14. The zero-order valence-corrected chi connectivity index (χ0v) is 18.7. The van der Waals surface area contributed by atoms with Crippen LogP contribution < -0.4 is 14.4 Å². The molecule has 0 saturated heterocycles. The van der Waals surface area contributed by atoms with Gasteiger partial charge in [0.1, 0.15) is 10.6 Å². The molecule has 0 atom stereocenters. The van der Waals surface area contributed by atoms with Crippen LogP contribution in [-0.2, 0) is 26.0 Å². The van der Waals surface area contributed by atoms with Crippen molar-refractivity contribution >= 4 is 44.0 Å². The van der Waals surface area contributed by atoms with Gasteiger partial charge in [0.05, 0.1) is 31.2 Å². The highest BCUT2D eigenvalue weighted by Crippen LogP contribution is 2.41. The SMILES string of the molecule is COC(=O)CCc1cc2c3c(ccc(NS(=O)(=O)c4ccccc4OC)c3c1)N(C)C2=O. The smallest absolute Gasteiger partial charge is 0.305 e. The average Bonchev–Trinajstić information content (AvgIpc) is 3.04. The van der Waals surface area contributed by atoms with Gasteiger partial charge < -0.3 is 14.4 Å². The minimum absolute atomic E-state index is 0.00450. The molecule has 1 aliphatic heterocycles. The second kappa shape index (κ2) is 8.16. The molecule has 3 aromatic carbocycles. The van der Waals surface area contributed by atoms with Crippen molar-refractivity contribution in [2.75, 3.05) is 30.9 Å². The third kappa shape index (κ3) is 3.64. The summed E-state index contributed by atoms with van der Waals surface area (Å²) in [5.74, 6) is -0.329. The lowest BCUT2D eigenvalue weighted by Gasteiger charge is -2.15. The van der Waals surface area contributed by atoms with Crippen LogP contribution in [0.5, 0.6) is 5.75 Å². The second-order valence-corrected chi connectivity index (χ2v) is 9.05. The molecular formula is C23H22N2O6S. The third-order valence-corrected chi connectivity index (χ3v) is 6.90. The molecule has 9 heteroatoms. The van der Waals surface area contributed by atoms with Crippen LogP contribution in [0, 0.1) is 0 Å². The first-order valence-electron chi connectivity index (χ1n) is 9.87. The first-order valence-corrected chi connectivity index (χ1v) is 11.4. The minimum Gasteiger partial charge on any atom is -0.495 e. The topological polar surface area (TPSA) is 102 Å². The Morgan fingerprint density at radius 3 is 2.56 bits per heavy atom. The van der Waals surface area contributed by atoms with Crippen molar-refractivity contribution in [1.82, 2.24) is 0 Å². The Morgan fingerprint density at radius 1 is 1.09 bits per heavy atom. The first-order chi connectivity index (χ1) is 15.3. The molecule has 1 N–H and O–H groups in total. The molecule has 32 heavy (non-hydrogen) atoms. The van der Waals surface area contributed by atoms with E-state index in [0.717, 1.165) is 5.56 Å². The van der Waals surface area contributed by atoms with Gasteiger partial charge in [0.25, 0.3) is 15.9 Å². The van der Waals surface area contributed by atoms with Crippen molar-refractivity contribution in [3.8, 4) is 5.75 Å². The van der Waals surface area contributed by atoms with E-state index in [2.05, 4.69) is 4.72 Å². The number of ether oxygens (including phenoxy) is 2. The molecule has 8 nitrogen and oxygen atoms in total. The number of para-hydroxylation sites is 1. The van der Waals surface area contributed by atoms with Crippen LogP contribution in [0.2, 0.25) is 0 Å². The molecule has 0 saturated carbocycles. The summed E-state index contributed by atoms with van der Waals surface area (Å²) >= 11 is 0. The maximum atomic E-state index is 13.1. The Balaban J connectivity index is 1.84.